The lowest BCUT2D eigenvalue weighted by atomic mass is 9.93. The van der Waals surface area contributed by atoms with Crippen LogP contribution >= 0.6 is 0 Å². The molecule has 6 rings (SSSR count). The summed E-state index contributed by atoms with van der Waals surface area (Å²) in [7, 11) is 0. The van der Waals surface area contributed by atoms with Crippen LogP contribution in [0.1, 0.15) is 0 Å². The number of hydrogen-bond acceptors (Lipinski definition) is 0. The first-order chi connectivity index (χ1) is 13.8. The Kier molecular flexibility index (Phi) is 3.27. The van der Waals surface area contributed by atoms with Gasteiger partial charge in [-0.2, -0.15) is 0 Å². The van der Waals surface area contributed by atoms with E-state index < -0.39 is 0 Å². The van der Waals surface area contributed by atoms with Crippen LogP contribution in [0.3, 0.4) is 0 Å². The molecule has 0 heterocycles. The summed E-state index contributed by atoms with van der Waals surface area (Å²) in [6.45, 7) is 0. The molecule has 0 aliphatic heterocycles. The molecule has 0 aliphatic carbocycles. The van der Waals surface area contributed by atoms with Gasteiger partial charge in [-0.3, -0.25) is 0 Å². The third kappa shape index (κ3) is 2.39. The van der Waals surface area contributed by atoms with E-state index in [4.69, 9.17) is 0 Å². The molecule has 129 valence electrons. The quantitative estimate of drug-likeness (QED) is 0.265. The fourth-order valence-corrected chi connectivity index (χ4v) is 4.22. The Hall–Kier alpha value is -3.64. The van der Waals surface area contributed by atoms with Crippen LogP contribution in [0.25, 0.3) is 54.2 Å². The number of benzene rings is 6. The molecule has 6 aromatic rings. The third-order valence-electron chi connectivity index (χ3n) is 5.65. The molecule has 0 spiro atoms. The van der Waals surface area contributed by atoms with Gasteiger partial charge in [-0.05, 0) is 84.5 Å². The van der Waals surface area contributed by atoms with E-state index in [1.165, 1.54) is 43.3 Å². The van der Waals surface area contributed by atoms with Crippen LogP contribution in [-0.2, 0) is 0 Å². The second kappa shape index (κ2) is 5.94. The summed E-state index contributed by atoms with van der Waals surface area (Å²) in [5.41, 5.74) is 2.38. The molecule has 0 bridgehead atoms. The van der Waals surface area contributed by atoms with Crippen LogP contribution in [0.5, 0.6) is 0 Å². The van der Waals surface area contributed by atoms with E-state index in [1.54, 1.807) is 0 Å². The van der Waals surface area contributed by atoms with E-state index in [-0.39, 0.29) is 0 Å². The molecule has 28 heavy (non-hydrogen) atoms. The number of fused-ring (bicyclic) bond motifs is 4. The van der Waals surface area contributed by atoms with Crippen molar-refractivity contribution in [3.63, 3.8) is 0 Å². The average Bonchev–Trinajstić information content (AvgIpc) is 2.75. The van der Waals surface area contributed by atoms with Crippen molar-refractivity contribution < 1.29 is 0 Å². The third-order valence-corrected chi connectivity index (χ3v) is 5.65. The van der Waals surface area contributed by atoms with E-state index in [9.17, 15) is 0 Å². The predicted molar refractivity (Wildman–Crippen MR) is 121 cm³/mol. The zero-order chi connectivity index (χ0) is 18.5. The molecule has 0 N–H and O–H groups in total. The molecule has 0 atom stereocenters. The zero-order valence-electron chi connectivity index (χ0n) is 15.3. The SMILES string of the molecule is [c]1c(-c2cccc3cc4ccccc4cc23)ccc2cc3ccccc3cc12. The van der Waals surface area contributed by atoms with Gasteiger partial charge in [0.15, 0.2) is 0 Å². The van der Waals surface area contributed by atoms with Crippen LogP contribution in [0.15, 0.2) is 103 Å². The molecule has 0 aromatic heterocycles. The maximum atomic E-state index is 3.68. The Labute approximate surface area is 163 Å². The Morgan fingerprint density at radius 1 is 0.429 bits per heavy atom. The van der Waals surface area contributed by atoms with Gasteiger partial charge in [0.05, 0.1) is 0 Å². The van der Waals surface area contributed by atoms with Gasteiger partial charge >= 0.3 is 0 Å². The lowest BCUT2D eigenvalue weighted by Gasteiger charge is -2.10. The number of rotatable bonds is 1. The highest BCUT2D eigenvalue weighted by atomic mass is 14.1. The highest BCUT2D eigenvalue weighted by molar-refractivity contribution is 6.06. The molecular formula is C28H17. The van der Waals surface area contributed by atoms with Gasteiger partial charge in [0.1, 0.15) is 0 Å². The van der Waals surface area contributed by atoms with Gasteiger partial charge in [-0.25, -0.2) is 0 Å². The lowest BCUT2D eigenvalue weighted by Crippen LogP contribution is -1.84. The maximum Gasteiger partial charge on any atom is -0.00139 e. The fraction of sp³-hybridized carbons (Fsp3) is 0. The zero-order valence-corrected chi connectivity index (χ0v) is 15.3. The van der Waals surface area contributed by atoms with Crippen molar-refractivity contribution in [2.75, 3.05) is 0 Å². The molecule has 0 unspecified atom stereocenters. The highest BCUT2D eigenvalue weighted by Crippen LogP contribution is 2.33. The van der Waals surface area contributed by atoms with Gasteiger partial charge in [0, 0.05) is 0 Å². The molecule has 0 aliphatic rings. The second-order valence-corrected chi connectivity index (χ2v) is 7.38. The standard InChI is InChI=1S/C28H17/c1-2-8-21-16-26-17-25(13-12-23(26)14-19(21)6-1)27-11-5-10-24-15-20-7-3-4-9-22(20)18-28(24)27/h1-16,18H. The van der Waals surface area contributed by atoms with Crippen LogP contribution in [0.2, 0.25) is 0 Å². The first-order valence-electron chi connectivity index (χ1n) is 9.62. The van der Waals surface area contributed by atoms with Crippen molar-refractivity contribution in [3.8, 4) is 11.1 Å². The van der Waals surface area contributed by atoms with Crippen molar-refractivity contribution in [3.05, 3.63) is 109 Å². The van der Waals surface area contributed by atoms with Crippen molar-refractivity contribution in [1.82, 2.24) is 0 Å². The minimum absolute atomic E-state index is 1.14. The van der Waals surface area contributed by atoms with Crippen molar-refractivity contribution >= 4 is 43.1 Å². The van der Waals surface area contributed by atoms with E-state index in [0.29, 0.717) is 0 Å². The second-order valence-electron chi connectivity index (χ2n) is 7.38. The summed E-state index contributed by atoms with van der Waals surface area (Å²) >= 11 is 0. The molecule has 0 nitrogen and oxygen atoms in total. The largest absolute Gasteiger partial charge is 0.0616 e. The Bertz CT molecular complexity index is 1510. The summed E-state index contributed by atoms with van der Waals surface area (Å²) in [6.07, 6.45) is 0. The number of hydrogen-bond donors (Lipinski definition) is 0. The Morgan fingerprint density at radius 3 is 1.79 bits per heavy atom. The summed E-state index contributed by atoms with van der Waals surface area (Å²) < 4.78 is 0. The van der Waals surface area contributed by atoms with E-state index >= 15 is 0 Å². The summed E-state index contributed by atoms with van der Waals surface area (Å²) in [5.74, 6) is 0. The summed E-state index contributed by atoms with van der Waals surface area (Å²) in [6, 6.07) is 40.8. The molecule has 0 saturated heterocycles. The molecule has 0 heteroatoms. The topological polar surface area (TPSA) is 0 Å². The molecule has 0 saturated carbocycles. The van der Waals surface area contributed by atoms with Gasteiger partial charge in [-0.15, -0.1) is 0 Å². The van der Waals surface area contributed by atoms with Crippen molar-refractivity contribution in [2.45, 2.75) is 0 Å². The van der Waals surface area contributed by atoms with Gasteiger partial charge in [0.25, 0.3) is 0 Å². The van der Waals surface area contributed by atoms with E-state index in [0.717, 1.165) is 10.9 Å². The van der Waals surface area contributed by atoms with Crippen molar-refractivity contribution in [2.24, 2.45) is 0 Å². The van der Waals surface area contributed by atoms with E-state index in [1.807, 2.05) is 0 Å². The maximum absolute atomic E-state index is 3.68. The van der Waals surface area contributed by atoms with Crippen LogP contribution in [0.4, 0.5) is 0 Å². The van der Waals surface area contributed by atoms with E-state index in [2.05, 4.69) is 109 Å². The highest BCUT2D eigenvalue weighted by Gasteiger charge is 2.07. The fourth-order valence-electron chi connectivity index (χ4n) is 4.22. The van der Waals surface area contributed by atoms with Crippen LogP contribution in [-0.4, -0.2) is 0 Å². The first-order valence-corrected chi connectivity index (χ1v) is 9.62. The monoisotopic (exact) mass is 353 g/mol. The van der Waals surface area contributed by atoms with Crippen LogP contribution < -0.4 is 0 Å². The van der Waals surface area contributed by atoms with Gasteiger partial charge in [0.2, 0.25) is 0 Å². The normalized spacial score (nSPS) is 11.6. The van der Waals surface area contributed by atoms with Crippen molar-refractivity contribution in [1.29, 1.82) is 0 Å². The Balaban J connectivity index is 1.62. The summed E-state index contributed by atoms with van der Waals surface area (Å²) in [4.78, 5) is 0. The Morgan fingerprint density at radius 2 is 1.04 bits per heavy atom. The molecule has 6 aromatic carbocycles. The molecule has 1 radical (unpaired) electrons. The van der Waals surface area contributed by atoms with Crippen LogP contribution in [0, 0.1) is 6.07 Å². The predicted octanol–water partition coefficient (Wildman–Crippen LogP) is 7.77. The van der Waals surface area contributed by atoms with Gasteiger partial charge in [-0.1, -0.05) is 78.9 Å². The molecule has 0 fully saturated rings. The molecule has 0 amide bonds. The lowest BCUT2D eigenvalue weighted by molar-refractivity contribution is 1.69. The van der Waals surface area contributed by atoms with Gasteiger partial charge < -0.3 is 0 Å². The summed E-state index contributed by atoms with van der Waals surface area (Å²) in [5, 5.41) is 10.0. The average molecular weight is 353 g/mol. The first kappa shape index (κ1) is 15.4. The smallest absolute Gasteiger partial charge is 0.00139 e. The minimum Gasteiger partial charge on any atom is -0.0616 e. The molecular weight excluding hydrogens is 336 g/mol. The minimum atomic E-state index is 1.14.